The fourth-order valence-electron chi connectivity index (χ4n) is 3.44. The average Bonchev–Trinajstić information content (AvgIpc) is 3.02. The van der Waals surface area contributed by atoms with Crippen molar-refractivity contribution in [3.8, 4) is 11.5 Å². The van der Waals surface area contributed by atoms with Crippen LogP contribution in [0.3, 0.4) is 0 Å². The molecule has 1 amide bonds. The zero-order valence-corrected chi connectivity index (χ0v) is 16.7. The Balaban J connectivity index is 1.38. The second-order valence-electron chi connectivity index (χ2n) is 7.14. The molecule has 0 bridgehead atoms. The summed E-state index contributed by atoms with van der Waals surface area (Å²) in [6, 6.07) is 16.0. The van der Waals surface area contributed by atoms with E-state index in [9.17, 15) is 4.79 Å². The number of nitrogens with one attached hydrogen (secondary N) is 1. The van der Waals surface area contributed by atoms with Gasteiger partial charge >= 0.3 is 0 Å². The second-order valence-corrected chi connectivity index (χ2v) is 7.14. The Bertz CT molecular complexity index is 738. The molecule has 3 rings (SSSR count). The van der Waals surface area contributed by atoms with Gasteiger partial charge in [0.15, 0.2) is 6.61 Å². The van der Waals surface area contributed by atoms with Crippen molar-refractivity contribution in [1.82, 2.24) is 5.32 Å². The van der Waals surface area contributed by atoms with Crippen molar-refractivity contribution in [2.75, 3.05) is 38.3 Å². The van der Waals surface area contributed by atoms with Crippen LogP contribution in [-0.2, 0) is 11.2 Å². The summed E-state index contributed by atoms with van der Waals surface area (Å²) < 4.78 is 10.7. The van der Waals surface area contributed by atoms with Gasteiger partial charge in [-0.3, -0.25) is 4.79 Å². The fraction of sp³-hybridized carbons (Fsp3) is 0.435. The topological polar surface area (TPSA) is 50.8 Å². The van der Waals surface area contributed by atoms with Crippen LogP contribution in [0.1, 0.15) is 31.2 Å². The molecule has 2 aromatic carbocycles. The van der Waals surface area contributed by atoms with Crippen LogP contribution >= 0.6 is 0 Å². The monoisotopic (exact) mass is 382 g/mol. The van der Waals surface area contributed by atoms with Gasteiger partial charge in [-0.2, -0.15) is 0 Å². The number of hydrogen-bond acceptors (Lipinski definition) is 4. The van der Waals surface area contributed by atoms with E-state index < -0.39 is 0 Å². The molecule has 1 N–H and O–H groups in total. The van der Waals surface area contributed by atoms with Crippen molar-refractivity contribution in [3.05, 3.63) is 54.1 Å². The maximum Gasteiger partial charge on any atom is 0.257 e. The van der Waals surface area contributed by atoms with Crippen LogP contribution in [0.25, 0.3) is 0 Å². The zero-order chi connectivity index (χ0) is 19.6. The van der Waals surface area contributed by atoms with Gasteiger partial charge in [-0.15, -0.1) is 0 Å². The number of carbonyl (C=O) groups is 1. The molecule has 28 heavy (non-hydrogen) atoms. The maximum atomic E-state index is 12.0. The molecule has 0 atom stereocenters. The highest BCUT2D eigenvalue weighted by Gasteiger charge is 2.09. The SMILES string of the molecule is COc1cccc(OCC(=O)NCCc2ccc(N3CCCCCC3)cc2)c1. The van der Waals surface area contributed by atoms with E-state index in [4.69, 9.17) is 9.47 Å². The summed E-state index contributed by atoms with van der Waals surface area (Å²) in [5.74, 6) is 1.21. The number of methoxy groups -OCH3 is 1. The molecule has 0 saturated carbocycles. The van der Waals surface area contributed by atoms with Crippen molar-refractivity contribution < 1.29 is 14.3 Å². The Kier molecular flexibility index (Phi) is 7.59. The molecule has 0 spiro atoms. The number of ether oxygens (including phenoxy) is 2. The fourth-order valence-corrected chi connectivity index (χ4v) is 3.44. The van der Waals surface area contributed by atoms with E-state index in [-0.39, 0.29) is 12.5 Å². The first-order valence-corrected chi connectivity index (χ1v) is 10.1. The standard InChI is InChI=1S/C23H30N2O3/c1-27-21-7-6-8-22(17-21)28-18-23(26)24-14-13-19-9-11-20(12-10-19)25-15-4-2-3-5-16-25/h6-12,17H,2-5,13-16,18H2,1H3,(H,24,26). The van der Waals surface area contributed by atoms with Gasteiger partial charge in [0.05, 0.1) is 7.11 Å². The van der Waals surface area contributed by atoms with Crippen LogP contribution in [0.5, 0.6) is 11.5 Å². The van der Waals surface area contributed by atoms with Gasteiger partial charge < -0.3 is 19.7 Å². The third kappa shape index (κ3) is 6.19. The maximum absolute atomic E-state index is 12.0. The van der Waals surface area contributed by atoms with Crippen molar-refractivity contribution in [2.24, 2.45) is 0 Å². The number of hydrogen-bond donors (Lipinski definition) is 1. The Morgan fingerprint density at radius 2 is 1.71 bits per heavy atom. The van der Waals surface area contributed by atoms with Gasteiger partial charge in [-0.25, -0.2) is 0 Å². The average molecular weight is 383 g/mol. The number of rotatable bonds is 8. The van der Waals surface area contributed by atoms with E-state index >= 15 is 0 Å². The lowest BCUT2D eigenvalue weighted by Gasteiger charge is -2.22. The predicted molar refractivity (Wildman–Crippen MR) is 112 cm³/mol. The molecule has 1 aliphatic rings. The molecule has 0 aliphatic carbocycles. The van der Waals surface area contributed by atoms with Crippen LogP contribution in [0, 0.1) is 0 Å². The molecule has 0 radical (unpaired) electrons. The summed E-state index contributed by atoms with van der Waals surface area (Å²) in [6.07, 6.45) is 6.06. The molecule has 1 aliphatic heterocycles. The van der Waals surface area contributed by atoms with Gasteiger partial charge in [-0.05, 0) is 49.1 Å². The van der Waals surface area contributed by atoms with E-state index in [2.05, 4.69) is 34.5 Å². The molecule has 5 nitrogen and oxygen atoms in total. The third-order valence-electron chi connectivity index (χ3n) is 5.05. The molecule has 1 saturated heterocycles. The Morgan fingerprint density at radius 1 is 1.00 bits per heavy atom. The summed E-state index contributed by atoms with van der Waals surface area (Å²) >= 11 is 0. The van der Waals surface area contributed by atoms with Crippen LogP contribution < -0.4 is 19.7 Å². The lowest BCUT2D eigenvalue weighted by Crippen LogP contribution is -2.30. The van der Waals surface area contributed by atoms with E-state index in [0.29, 0.717) is 18.0 Å². The van der Waals surface area contributed by atoms with Crippen LogP contribution in [0.2, 0.25) is 0 Å². The molecule has 0 aromatic heterocycles. The minimum absolute atomic E-state index is 0.00106. The van der Waals surface area contributed by atoms with Gasteiger partial charge in [-0.1, -0.05) is 31.0 Å². The smallest absolute Gasteiger partial charge is 0.257 e. The summed E-state index contributed by atoms with van der Waals surface area (Å²) in [5.41, 5.74) is 2.54. The first-order chi connectivity index (χ1) is 13.7. The quantitative estimate of drug-likeness (QED) is 0.754. The van der Waals surface area contributed by atoms with E-state index in [1.807, 2.05) is 18.2 Å². The van der Waals surface area contributed by atoms with Crippen molar-refractivity contribution in [3.63, 3.8) is 0 Å². The highest BCUT2D eigenvalue weighted by Crippen LogP contribution is 2.20. The number of benzene rings is 2. The van der Waals surface area contributed by atoms with Gasteiger partial charge in [0, 0.05) is 31.4 Å². The van der Waals surface area contributed by atoms with Crippen molar-refractivity contribution >= 4 is 11.6 Å². The van der Waals surface area contributed by atoms with Gasteiger partial charge in [0.25, 0.3) is 5.91 Å². The molecule has 1 heterocycles. The molecule has 2 aromatic rings. The molecular weight excluding hydrogens is 352 g/mol. The predicted octanol–water partition coefficient (Wildman–Crippen LogP) is 3.81. The summed E-state index contributed by atoms with van der Waals surface area (Å²) in [6.45, 7) is 2.91. The number of carbonyl (C=O) groups excluding carboxylic acids is 1. The zero-order valence-electron chi connectivity index (χ0n) is 16.7. The summed E-state index contributed by atoms with van der Waals surface area (Å²) in [7, 11) is 1.60. The van der Waals surface area contributed by atoms with Crippen LogP contribution in [-0.4, -0.2) is 39.3 Å². The number of nitrogens with zero attached hydrogens (tertiary/aromatic N) is 1. The molecular formula is C23H30N2O3. The minimum Gasteiger partial charge on any atom is -0.497 e. The lowest BCUT2D eigenvalue weighted by atomic mass is 10.1. The van der Waals surface area contributed by atoms with Gasteiger partial charge in [0.2, 0.25) is 0 Å². The van der Waals surface area contributed by atoms with Crippen molar-refractivity contribution in [2.45, 2.75) is 32.1 Å². The van der Waals surface area contributed by atoms with Gasteiger partial charge in [0.1, 0.15) is 11.5 Å². The molecule has 5 heteroatoms. The minimum atomic E-state index is -0.121. The number of amides is 1. The van der Waals surface area contributed by atoms with Crippen LogP contribution in [0.15, 0.2) is 48.5 Å². The largest absolute Gasteiger partial charge is 0.497 e. The highest BCUT2D eigenvalue weighted by atomic mass is 16.5. The lowest BCUT2D eigenvalue weighted by molar-refractivity contribution is -0.123. The first-order valence-electron chi connectivity index (χ1n) is 10.1. The van der Waals surface area contributed by atoms with Crippen LogP contribution in [0.4, 0.5) is 5.69 Å². The highest BCUT2D eigenvalue weighted by molar-refractivity contribution is 5.77. The van der Waals surface area contributed by atoms with Crippen molar-refractivity contribution in [1.29, 1.82) is 0 Å². The first kappa shape index (κ1) is 20.1. The second kappa shape index (κ2) is 10.6. The molecule has 150 valence electrons. The van der Waals surface area contributed by atoms with E-state index in [1.165, 1.54) is 36.9 Å². The Morgan fingerprint density at radius 3 is 2.43 bits per heavy atom. The Hall–Kier alpha value is -2.69. The third-order valence-corrected chi connectivity index (χ3v) is 5.05. The normalized spacial score (nSPS) is 14.2. The summed E-state index contributed by atoms with van der Waals surface area (Å²) in [5, 5.41) is 2.91. The Labute approximate surface area is 167 Å². The number of anilines is 1. The molecule has 1 fully saturated rings. The van der Waals surface area contributed by atoms with E-state index in [1.54, 1.807) is 13.2 Å². The summed E-state index contributed by atoms with van der Waals surface area (Å²) in [4.78, 5) is 14.5. The molecule has 0 unspecified atom stereocenters. The van der Waals surface area contributed by atoms with E-state index in [0.717, 1.165) is 19.5 Å².